The van der Waals surface area contributed by atoms with Crippen molar-refractivity contribution in [3.8, 4) is 0 Å². The van der Waals surface area contributed by atoms with Gasteiger partial charge in [-0.2, -0.15) is 0 Å². The van der Waals surface area contributed by atoms with Gasteiger partial charge in [-0.15, -0.1) is 0 Å². The van der Waals surface area contributed by atoms with E-state index in [1.807, 2.05) is 6.08 Å². The number of allylic oxidation sites excluding steroid dienone is 4. The Bertz CT molecular complexity index is 189. The zero-order valence-electron chi connectivity index (χ0n) is 6.92. The number of carbonyl (C=O) groups excluding carboxylic acids is 1. The van der Waals surface area contributed by atoms with Crippen molar-refractivity contribution < 1.29 is 4.79 Å². The van der Waals surface area contributed by atoms with Crippen molar-refractivity contribution in [1.29, 1.82) is 0 Å². The van der Waals surface area contributed by atoms with Crippen LogP contribution in [0.4, 0.5) is 0 Å². The molecule has 0 radical (unpaired) electrons. The molecule has 1 aliphatic carbocycles. The normalized spacial score (nSPS) is 25.2. The third-order valence-electron chi connectivity index (χ3n) is 2.14. The Labute approximate surface area is 67.8 Å². The summed E-state index contributed by atoms with van der Waals surface area (Å²) in [6.45, 7) is 2.17. The minimum absolute atomic E-state index is 0.601. The third kappa shape index (κ3) is 2.71. The largest absolute Gasteiger partial charge is 0.299 e. The van der Waals surface area contributed by atoms with E-state index in [-0.39, 0.29) is 0 Å². The fourth-order valence-electron chi connectivity index (χ4n) is 1.36. The first kappa shape index (κ1) is 8.25. The van der Waals surface area contributed by atoms with Crippen LogP contribution in [-0.2, 0) is 4.79 Å². The zero-order valence-corrected chi connectivity index (χ0v) is 6.92. The van der Waals surface area contributed by atoms with E-state index in [0.717, 1.165) is 12.7 Å². The van der Waals surface area contributed by atoms with Gasteiger partial charge in [0.15, 0.2) is 0 Å². The summed E-state index contributed by atoms with van der Waals surface area (Å²) in [5.41, 5.74) is 1.49. The summed E-state index contributed by atoms with van der Waals surface area (Å²) in [6.07, 6.45) is 10.2. The predicted octanol–water partition coefficient (Wildman–Crippen LogP) is 2.49. The van der Waals surface area contributed by atoms with E-state index >= 15 is 0 Å². The predicted molar refractivity (Wildman–Crippen MR) is 46.3 cm³/mol. The average Bonchev–Trinajstić information content (AvgIpc) is 2.04. The summed E-state index contributed by atoms with van der Waals surface area (Å²) >= 11 is 0. The maximum absolute atomic E-state index is 10.0. The smallest absolute Gasteiger partial charge is 0.142 e. The molecule has 0 aromatic rings. The lowest BCUT2D eigenvalue weighted by molar-refractivity contribution is -0.104. The standard InChI is InChI=1S/C10H14O/c1-9-4-6-10(7-5-9)3-2-8-11/h2-4,8,10H,5-7H2,1H3/b3-2-. The molecule has 1 unspecified atom stereocenters. The lowest BCUT2D eigenvalue weighted by Gasteiger charge is -2.15. The van der Waals surface area contributed by atoms with Crippen molar-refractivity contribution in [1.82, 2.24) is 0 Å². The van der Waals surface area contributed by atoms with E-state index in [4.69, 9.17) is 0 Å². The summed E-state index contributed by atoms with van der Waals surface area (Å²) in [4.78, 5) is 10.0. The van der Waals surface area contributed by atoms with Gasteiger partial charge in [-0.1, -0.05) is 17.7 Å². The van der Waals surface area contributed by atoms with Crippen molar-refractivity contribution in [2.75, 3.05) is 0 Å². The third-order valence-corrected chi connectivity index (χ3v) is 2.14. The fourth-order valence-corrected chi connectivity index (χ4v) is 1.36. The van der Waals surface area contributed by atoms with Crippen molar-refractivity contribution in [3.63, 3.8) is 0 Å². The van der Waals surface area contributed by atoms with Crippen LogP contribution in [0.15, 0.2) is 23.8 Å². The van der Waals surface area contributed by atoms with Crippen LogP contribution >= 0.6 is 0 Å². The highest BCUT2D eigenvalue weighted by molar-refractivity contribution is 5.64. The number of rotatable bonds is 2. The monoisotopic (exact) mass is 150 g/mol. The molecule has 1 atom stereocenters. The van der Waals surface area contributed by atoms with Crippen LogP contribution in [0.1, 0.15) is 26.2 Å². The number of hydrogen-bond donors (Lipinski definition) is 0. The molecule has 1 heteroatoms. The molecule has 0 aromatic carbocycles. The fraction of sp³-hybridized carbons (Fsp3) is 0.500. The van der Waals surface area contributed by atoms with Crippen LogP contribution in [0.25, 0.3) is 0 Å². The number of aldehydes is 1. The van der Waals surface area contributed by atoms with Gasteiger partial charge in [0.2, 0.25) is 0 Å². The Morgan fingerprint density at radius 2 is 2.45 bits per heavy atom. The van der Waals surface area contributed by atoms with E-state index in [2.05, 4.69) is 13.0 Å². The van der Waals surface area contributed by atoms with Gasteiger partial charge in [0, 0.05) is 0 Å². The Morgan fingerprint density at radius 3 is 3.00 bits per heavy atom. The molecule has 1 rings (SSSR count). The molecule has 0 heterocycles. The first-order valence-corrected chi connectivity index (χ1v) is 4.10. The molecular weight excluding hydrogens is 136 g/mol. The van der Waals surface area contributed by atoms with Gasteiger partial charge in [0.1, 0.15) is 6.29 Å². The Hall–Kier alpha value is -0.850. The molecule has 0 N–H and O–H groups in total. The van der Waals surface area contributed by atoms with Gasteiger partial charge in [0.05, 0.1) is 0 Å². The maximum Gasteiger partial charge on any atom is 0.142 e. The van der Waals surface area contributed by atoms with Crippen LogP contribution in [0.3, 0.4) is 0 Å². The minimum atomic E-state index is 0.601. The van der Waals surface area contributed by atoms with Gasteiger partial charge in [-0.3, -0.25) is 4.79 Å². The molecule has 0 saturated carbocycles. The van der Waals surface area contributed by atoms with E-state index in [0.29, 0.717) is 5.92 Å². The summed E-state index contributed by atoms with van der Waals surface area (Å²) in [5, 5.41) is 0. The molecule has 1 nitrogen and oxygen atoms in total. The van der Waals surface area contributed by atoms with Crippen molar-refractivity contribution in [2.24, 2.45) is 5.92 Å². The van der Waals surface area contributed by atoms with E-state index in [9.17, 15) is 4.79 Å². The topological polar surface area (TPSA) is 17.1 Å². The minimum Gasteiger partial charge on any atom is -0.299 e. The highest BCUT2D eigenvalue weighted by atomic mass is 16.1. The van der Waals surface area contributed by atoms with E-state index < -0.39 is 0 Å². The SMILES string of the molecule is CC1=CCC(/C=C\C=O)CC1. The van der Waals surface area contributed by atoms with Gasteiger partial charge < -0.3 is 0 Å². The Balaban J connectivity index is 2.40. The highest BCUT2D eigenvalue weighted by Crippen LogP contribution is 2.23. The molecule has 0 aromatic heterocycles. The molecule has 0 amide bonds. The quantitative estimate of drug-likeness (QED) is 0.336. The van der Waals surface area contributed by atoms with Gasteiger partial charge in [-0.25, -0.2) is 0 Å². The molecule has 0 saturated heterocycles. The summed E-state index contributed by atoms with van der Waals surface area (Å²) in [5.74, 6) is 0.601. The van der Waals surface area contributed by atoms with Crippen LogP contribution < -0.4 is 0 Å². The van der Waals surface area contributed by atoms with Crippen molar-refractivity contribution in [3.05, 3.63) is 23.8 Å². The van der Waals surface area contributed by atoms with E-state index in [1.165, 1.54) is 18.4 Å². The first-order valence-electron chi connectivity index (χ1n) is 4.10. The van der Waals surface area contributed by atoms with Crippen molar-refractivity contribution >= 4 is 6.29 Å². The summed E-state index contributed by atoms with van der Waals surface area (Å²) in [7, 11) is 0. The summed E-state index contributed by atoms with van der Waals surface area (Å²) < 4.78 is 0. The van der Waals surface area contributed by atoms with Crippen molar-refractivity contribution in [2.45, 2.75) is 26.2 Å². The van der Waals surface area contributed by atoms with Gasteiger partial charge in [-0.05, 0) is 38.2 Å². The van der Waals surface area contributed by atoms with Crippen LogP contribution in [-0.4, -0.2) is 6.29 Å². The van der Waals surface area contributed by atoms with Gasteiger partial charge in [0.25, 0.3) is 0 Å². The van der Waals surface area contributed by atoms with Crippen LogP contribution in [0, 0.1) is 5.92 Å². The number of carbonyl (C=O) groups is 1. The Morgan fingerprint density at radius 1 is 1.64 bits per heavy atom. The lowest BCUT2D eigenvalue weighted by atomic mass is 9.90. The van der Waals surface area contributed by atoms with E-state index in [1.54, 1.807) is 6.08 Å². The average molecular weight is 150 g/mol. The molecule has 0 fully saturated rings. The molecule has 1 aliphatic rings. The molecule has 11 heavy (non-hydrogen) atoms. The second kappa shape index (κ2) is 4.12. The molecule has 0 aliphatic heterocycles. The summed E-state index contributed by atoms with van der Waals surface area (Å²) in [6, 6.07) is 0. The number of hydrogen-bond acceptors (Lipinski definition) is 1. The van der Waals surface area contributed by atoms with Gasteiger partial charge >= 0.3 is 0 Å². The molecule has 0 bridgehead atoms. The maximum atomic E-state index is 10.0. The zero-order chi connectivity index (χ0) is 8.10. The molecular formula is C10H14O. The highest BCUT2D eigenvalue weighted by Gasteiger charge is 2.08. The van der Waals surface area contributed by atoms with Crippen LogP contribution in [0.2, 0.25) is 0 Å². The second-order valence-electron chi connectivity index (χ2n) is 3.11. The molecule has 0 spiro atoms. The van der Waals surface area contributed by atoms with Crippen LogP contribution in [0.5, 0.6) is 0 Å². The Kier molecular flexibility index (Phi) is 3.09. The second-order valence-corrected chi connectivity index (χ2v) is 3.11. The lowest BCUT2D eigenvalue weighted by Crippen LogP contribution is -2.01. The first-order chi connectivity index (χ1) is 5.33. The molecule has 60 valence electrons.